The van der Waals surface area contributed by atoms with Crippen LogP contribution in [-0.2, 0) is 9.59 Å². The highest BCUT2D eigenvalue weighted by Crippen LogP contribution is 2.29. The van der Waals surface area contributed by atoms with Crippen LogP contribution in [0, 0.1) is 0 Å². The molecule has 4 rings (SSSR count). The van der Waals surface area contributed by atoms with Gasteiger partial charge in [-0.2, -0.15) is 5.10 Å². The molecule has 1 aliphatic heterocycles. The summed E-state index contributed by atoms with van der Waals surface area (Å²) in [5.74, 6) is -0.268. The number of anilines is 2. The lowest BCUT2D eigenvalue weighted by Gasteiger charge is -2.28. The molecule has 0 spiro atoms. The average Bonchev–Trinajstić information content (AvgIpc) is 2.65. The molecule has 7 nitrogen and oxygen atoms in total. The van der Waals surface area contributed by atoms with Crippen molar-refractivity contribution in [3.8, 4) is 5.88 Å². The van der Waals surface area contributed by atoms with Crippen molar-refractivity contribution in [3.05, 3.63) is 54.7 Å². The van der Waals surface area contributed by atoms with Crippen molar-refractivity contribution >= 4 is 34.0 Å². The molecule has 3 aromatic rings. The molecule has 2 amide bonds. The van der Waals surface area contributed by atoms with Crippen LogP contribution in [0.4, 0.5) is 11.4 Å². The molecule has 2 aromatic carbocycles. The lowest BCUT2D eigenvalue weighted by Crippen LogP contribution is -2.44. The zero-order valence-corrected chi connectivity index (χ0v) is 13.2. The number of fused-ring (bicyclic) bond motifs is 2. The smallest absolute Gasteiger partial charge is 0.265 e. The Hall–Kier alpha value is -3.48. The van der Waals surface area contributed by atoms with E-state index in [0.29, 0.717) is 17.3 Å². The minimum atomic E-state index is -0.322. The van der Waals surface area contributed by atoms with Crippen LogP contribution in [0.1, 0.15) is 0 Å². The van der Waals surface area contributed by atoms with Crippen molar-refractivity contribution in [2.75, 3.05) is 23.4 Å². The Morgan fingerprint density at radius 3 is 2.88 bits per heavy atom. The monoisotopic (exact) mass is 334 g/mol. The summed E-state index contributed by atoms with van der Waals surface area (Å²) in [5.41, 5.74) is 1.26. The number of hydrogen-bond acceptors (Lipinski definition) is 5. The van der Waals surface area contributed by atoms with Gasteiger partial charge in [-0.05, 0) is 18.2 Å². The number of rotatable bonds is 3. The van der Waals surface area contributed by atoms with Gasteiger partial charge >= 0.3 is 0 Å². The van der Waals surface area contributed by atoms with E-state index in [0.717, 1.165) is 10.8 Å². The van der Waals surface area contributed by atoms with E-state index in [1.54, 1.807) is 24.4 Å². The maximum absolute atomic E-state index is 12.6. The minimum absolute atomic E-state index is 0.0412. The van der Waals surface area contributed by atoms with Gasteiger partial charge in [-0.15, -0.1) is 5.10 Å². The predicted molar refractivity (Wildman–Crippen MR) is 92.5 cm³/mol. The SMILES string of the molecule is O=C1CN(C(=O)COc2nncc3ccccc23)c2ccccc2N1. The van der Waals surface area contributed by atoms with E-state index in [2.05, 4.69) is 15.5 Å². The Balaban J connectivity index is 1.56. The molecule has 1 N–H and O–H groups in total. The van der Waals surface area contributed by atoms with Gasteiger partial charge in [0.25, 0.3) is 5.91 Å². The molecule has 7 heteroatoms. The number of para-hydroxylation sites is 2. The van der Waals surface area contributed by atoms with Gasteiger partial charge in [0.1, 0.15) is 6.54 Å². The quantitative estimate of drug-likeness (QED) is 0.792. The Kier molecular flexibility index (Phi) is 3.74. The molecular formula is C18H14N4O3. The highest BCUT2D eigenvalue weighted by molar-refractivity contribution is 6.10. The van der Waals surface area contributed by atoms with Crippen LogP contribution in [-0.4, -0.2) is 35.2 Å². The maximum Gasteiger partial charge on any atom is 0.265 e. The molecule has 0 unspecified atom stereocenters. The fraction of sp³-hybridized carbons (Fsp3) is 0.111. The van der Waals surface area contributed by atoms with E-state index in [1.165, 1.54) is 4.90 Å². The van der Waals surface area contributed by atoms with Crippen molar-refractivity contribution in [2.24, 2.45) is 0 Å². The fourth-order valence-corrected chi connectivity index (χ4v) is 2.77. The van der Waals surface area contributed by atoms with Crippen LogP contribution < -0.4 is 15.0 Å². The van der Waals surface area contributed by atoms with Crippen LogP contribution in [0.3, 0.4) is 0 Å². The highest BCUT2D eigenvalue weighted by atomic mass is 16.5. The van der Waals surface area contributed by atoms with Crippen molar-refractivity contribution in [1.29, 1.82) is 0 Å². The van der Waals surface area contributed by atoms with Crippen LogP contribution in [0.5, 0.6) is 5.88 Å². The third-order valence-corrected chi connectivity index (χ3v) is 3.94. The summed E-state index contributed by atoms with van der Waals surface area (Å²) in [6.45, 7) is -0.273. The lowest BCUT2D eigenvalue weighted by molar-refractivity contribution is -0.123. The Morgan fingerprint density at radius 2 is 1.96 bits per heavy atom. The molecule has 0 fully saturated rings. The van der Waals surface area contributed by atoms with Crippen LogP contribution >= 0.6 is 0 Å². The van der Waals surface area contributed by atoms with E-state index in [-0.39, 0.29) is 25.0 Å². The summed E-state index contributed by atoms with van der Waals surface area (Å²) in [6.07, 6.45) is 1.63. The number of carbonyl (C=O) groups excluding carboxylic acids is 2. The van der Waals surface area contributed by atoms with E-state index in [9.17, 15) is 9.59 Å². The van der Waals surface area contributed by atoms with E-state index in [4.69, 9.17) is 4.74 Å². The first-order valence-corrected chi connectivity index (χ1v) is 7.75. The minimum Gasteiger partial charge on any atom is -0.466 e. The van der Waals surface area contributed by atoms with E-state index >= 15 is 0 Å². The van der Waals surface area contributed by atoms with Crippen molar-refractivity contribution in [3.63, 3.8) is 0 Å². The van der Waals surface area contributed by atoms with E-state index in [1.807, 2.05) is 30.3 Å². The number of nitrogens with zero attached hydrogens (tertiary/aromatic N) is 3. The number of amides is 2. The largest absolute Gasteiger partial charge is 0.466 e. The summed E-state index contributed by atoms with van der Waals surface area (Å²) >= 11 is 0. The summed E-state index contributed by atoms with van der Waals surface area (Å²) in [4.78, 5) is 25.8. The number of aromatic nitrogens is 2. The summed E-state index contributed by atoms with van der Waals surface area (Å²) in [6, 6.07) is 14.7. The third kappa shape index (κ3) is 2.87. The van der Waals surface area contributed by atoms with Gasteiger partial charge < -0.3 is 10.1 Å². The second-order valence-electron chi connectivity index (χ2n) is 5.57. The molecule has 0 aliphatic carbocycles. The second kappa shape index (κ2) is 6.20. The first-order chi connectivity index (χ1) is 12.2. The van der Waals surface area contributed by atoms with Gasteiger partial charge in [-0.3, -0.25) is 14.5 Å². The zero-order valence-electron chi connectivity index (χ0n) is 13.2. The lowest BCUT2D eigenvalue weighted by atomic mass is 10.2. The molecule has 0 radical (unpaired) electrons. The second-order valence-corrected chi connectivity index (χ2v) is 5.57. The van der Waals surface area contributed by atoms with Gasteiger partial charge in [0.2, 0.25) is 11.8 Å². The molecule has 1 aromatic heterocycles. The molecule has 2 heterocycles. The van der Waals surface area contributed by atoms with Crippen molar-refractivity contribution in [2.45, 2.75) is 0 Å². The summed E-state index contributed by atoms with van der Waals surface area (Å²) in [7, 11) is 0. The van der Waals surface area contributed by atoms with Crippen molar-refractivity contribution in [1.82, 2.24) is 10.2 Å². The van der Waals surface area contributed by atoms with Gasteiger partial charge in [0.05, 0.1) is 17.6 Å². The first-order valence-electron chi connectivity index (χ1n) is 7.75. The third-order valence-electron chi connectivity index (χ3n) is 3.94. The predicted octanol–water partition coefficient (Wildman–Crippen LogP) is 1.99. The summed E-state index contributed by atoms with van der Waals surface area (Å²) in [5, 5.41) is 12.3. The van der Waals surface area contributed by atoms with Gasteiger partial charge in [-0.25, -0.2) is 0 Å². The molecule has 0 saturated heterocycles. The topological polar surface area (TPSA) is 84.4 Å². The highest BCUT2D eigenvalue weighted by Gasteiger charge is 2.27. The Bertz CT molecular complexity index is 968. The standard InChI is InChI=1S/C18H14N4O3/c23-16-10-22(15-8-4-3-7-14(15)20-16)17(24)11-25-18-13-6-2-1-5-12(13)9-19-21-18/h1-9H,10-11H2,(H,20,23). The molecule has 124 valence electrons. The number of benzene rings is 2. The van der Waals surface area contributed by atoms with Gasteiger partial charge in [0.15, 0.2) is 6.61 Å². The number of nitrogens with one attached hydrogen (secondary N) is 1. The van der Waals surface area contributed by atoms with Gasteiger partial charge in [-0.1, -0.05) is 30.3 Å². The van der Waals surface area contributed by atoms with Crippen LogP contribution in [0.25, 0.3) is 10.8 Å². The molecule has 0 saturated carbocycles. The first kappa shape index (κ1) is 15.1. The molecule has 25 heavy (non-hydrogen) atoms. The molecular weight excluding hydrogens is 320 g/mol. The van der Waals surface area contributed by atoms with E-state index < -0.39 is 0 Å². The zero-order chi connectivity index (χ0) is 17.2. The molecule has 1 aliphatic rings. The van der Waals surface area contributed by atoms with Crippen molar-refractivity contribution < 1.29 is 14.3 Å². The van der Waals surface area contributed by atoms with Gasteiger partial charge in [0, 0.05) is 10.8 Å². The molecule has 0 atom stereocenters. The Labute approximate surface area is 143 Å². The fourth-order valence-electron chi connectivity index (χ4n) is 2.77. The van der Waals surface area contributed by atoms with Crippen LogP contribution in [0.15, 0.2) is 54.7 Å². The summed E-state index contributed by atoms with van der Waals surface area (Å²) < 4.78 is 5.59. The normalized spacial score (nSPS) is 13.3. The Morgan fingerprint density at radius 1 is 1.16 bits per heavy atom. The number of ether oxygens (including phenoxy) is 1. The van der Waals surface area contributed by atoms with Crippen LogP contribution in [0.2, 0.25) is 0 Å². The molecule has 0 bridgehead atoms. The number of hydrogen-bond donors (Lipinski definition) is 1. The maximum atomic E-state index is 12.6. The number of carbonyl (C=O) groups is 2. The average molecular weight is 334 g/mol.